The molecule has 3 N–H and O–H groups in total. The van der Waals surface area contributed by atoms with Gasteiger partial charge in [-0.3, -0.25) is 0 Å². The molecule has 0 saturated carbocycles. The van der Waals surface area contributed by atoms with Crippen molar-refractivity contribution in [2.75, 3.05) is 17.3 Å². The lowest BCUT2D eigenvalue weighted by Crippen LogP contribution is -2.00. The molecule has 136 valence electrons. The third-order valence-corrected chi connectivity index (χ3v) is 5.85. The molecule has 0 radical (unpaired) electrons. The number of fused-ring (bicyclic) bond motifs is 1. The topological polar surface area (TPSA) is 76.7 Å². The van der Waals surface area contributed by atoms with Crippen LogP contribution in [0.2, 0.25) is 0 Å². The zero-order valence-electron chi connectivity index (χ0n) is 15.3. The second-order valence-electron chi connectivity index (χ2n) is 6.22. The number of benzene rings is 2. The highest BCUT2D eigenvalue weighted by Crippen LogP contribution is 2.33. The summed E-state index contributed by atoms with van der Waals surface area (Å²) in [5.41, 5.74) is 10.9. The predicted octanol–water partition coefficient (Wildman–Crippen LogP) is 5.42. The van der Waals surface area contributed by atoms with E-state index in [2.05, 4.69) is 54.7 Å². The van der Waals surface area contributed by atoms with Crippen LogP contribution >= 0.6 is 23.1 Å². The molecule has 4 rings (SSSR count). The summed E-state index contributed by atoms with van der Waals surface area (Å²) in [7, 11) is 0. The summed E-state index contributed by atoms with van der Waals surface area (Å²) < 4.78 is 0. The van der Waals surface area contributed by atoms with Crippen molar-refractivity contribution in [2.45, 2.75) is 18.7 Å². The van der Waals surface area contributed by atoms with Crippen LogP contribution in [-0.2, 0) is 0 Å². The maximum atomic E-state index is 5.95. The smallest absolute Gasteiger partial charge is 0.182 e. The first-order valence-electron chi connectivity index (χ1n) is 8.47. The van der Waals surface area contributed by atoms with Gasteiger partial charge in [-0.15, -0.1) is 11.8 Å². The van der Waals surface area contributed by atoms with Crippen molar-refractivity contribution in [3.8, 4) is 11.4 Å². The van der Waals surface area contributed by atoms with Gasteiger partial charge in [-0.05, 0) is 55.5 Å². The second-order valence-corrected chi connectivity index (χ2v) is 8.11. The molecule has 0 aliphatic heterocycles. The quantitative estimate of drug-likeness (QED) is 0.451. The molecule has 2 heterocycles. The number of thioether (sulfide) groups is 1. The number of hydrogen-bond acceptors (Lipinski definition) is 7. The number of anilines is 3. The number of aromatic nitrogens is 3. The van der Waals surface area contributed by atoms with Crippen molar-refractivity contribution in [2.24, 2.45) is 0 Å². The predicted molar refractivity (Wildman–Crippen MR) is 116 cm³/mol. The third-order valence-electron chi connectivity index (χ3n) is 4.33. The largest absolute Gasteiger partial charge is 0.375 e. The molecule has 2 aromatic carbocycles. The van der Waals surface area contributed by atoms with E-state index in [1.54, 1.807) is 11.8 Å². The van der Waals surface area contributed by atoms with E-state index in [-0.39, 0.29) is 0 Å². The maximum Gasteiger partial charge on any atom is 0.182 e. The lowest BCUT2D eigenvalue weighted by atomic mass is 10.0. The Morgan fingerprint density at radius 2 is 1.67 bits per heavy atom. The van der Waals surface area contributed by atoms with E-state index >= 15 is 0 Å². The second kappa shape index (κ2) is 7.17. The fraction of sp³-hybridized carbons (Fsp3) is 0.150. The number of hydrogen-bond donors (Lipinski definition) is 2. The molecular formula is C20H19N5S2. The van der Waals surface area contributed by atoms with E-state index in [1.165, 1.54) is 16.2 Å². The van der Waals surface area contributed by atoms with Gasteiger partial charge >= 0.3 is 0 Å². The van der Waals surface area contributed by atoms with Crippen LogP contribution in [0.5, 0.6) is 0 Å². The van der Waals surface area contributed by atoms with E-state index in [4.69, 9.17) is 15.7 Å². The van der Waals surface area contributed by atoms with Gasteiger partial charge in [-0.1, -0.05) is 29.5 Å². The maximum absolute atomic E-state index is 5.95. The Hall–Kier alpha value is -2.64. The molecule has 0 atom stereocenters. The Morgan fingerprint density at radius 3 is 2.33 bits per heavy atom. The molecule has 27 heavy (non-hydrogen) atoms. The Kier molecular flexibility index (Phi) is 4.72. The highest BCUT2D eigenvalue weighted by molar-refractivity contribution is 7.98. The van der Waals surface area contributed by atoms with Gasteiger partial charge in [0.05, 0.1) is 0 Å². The number of thiazole rings is 1. The first-order chi connectivity index (χ1) is 13.0. The lowest BCUT2D eigenvalue weighted by molar-refractivity contribution is 1.20. The molecule has 0 amide bonds. The van der Waals surface area contributed by atoms with Crippen LogP contribution in [-0.4, -0.2) is 21.2 Å². The minimum absolute atomic E-state index is 0.485. The Balaban J connectivity index is 1.85. The van der Waals surface area contributed by atoms with E-state index in [0.717, 1.165) is 27.2 Å². The number of nitrogen functional groups attached to an aromatic ring is 1. The van der Waals surface area contributed by atoms with E-state index < -0.39 is 0 Å². The Labute approximate surface area is 166 Å². The number of aryl methyl sites for hydroxylation is 2. The van der Waals surface area contributed by atoms with Crippen LogP contribution < -0.4 is 11.1 Å². The molecular weight excluding hydrogens is 374 g/mol. The number of nitrogens with one attached hydrogen (secondary N) is 1. The van der Waals surface area contributed by atoms with Crippen LogP contribution in [0.1, 0.15) is 11.1 Å². The van der Waals surface area contributed by atoms with Crippen molar-refractivity contribution in [1.82, 2.24) is 15.0 Å². The molecule has 4 aromatic rings. The molecule has 0 aliphatic rings. The van der Waals surface area contributed by atoms with Crippen molar-refractivity contribution < 1.29 is 0 Å². The Bertz CT molecular complexity index is 1100. The fourth-order valence-electron chi connectivity index (χ4n) is 3.02. The van der Waals surface area contributed by atoms with E-state index in [0.29, 0.717) is 22.3 Å². The molecule has 0 bridgehead atoms. The van der Waals surface area contributed by atoms with Crippen LogP contribution in [0, 0.1) is 13.8 Å². The summed E-state index contributed by atoms with van der Waals surface area (Å²) >= 11 is 3.09. The van der Waals surface area contributed by atoms with E-state index in [1.807, 2.05) is 18.2 Å². The molecule has 0 saturated heterocycles. The van der Waals surface area contributed by atoms with Crippen molar-refractivity contribution >= 4 is 50.1 Å². The molecule has 0 unspecified atom stereocenters. The van der Waals surface area contributed by atoms with E-state index in [9.17, 15) is 0 Å². The molecule has 7 heteroatoms. The summed E-state index contributed by atoms with van der Waals surface area (Å²) in [4.78, 5) is 16.0. The molecule has 0 spiro atoms. The van der Waals surface area contributed by atoms with Gasteiger partial charge in [-0.25, -0.2) is 15.0 Å². The molecule has 0 aliphatic carbocycles. The zero-order valence-corrected chi connectivity index (χ0v) is 16.9. The van der Waals surface area contributed by atoms with Gasteiger partial charge in [-0.2, -0.15) is 0 Å². The minimum Gasteiger partial charge on any atom is -0.375 e. The number of nitrogens with two attached hydrogens (primary N) is 1. The average Bonchev–Trinajstić information content (AvgIpc) is 3.03. The van der Waals surface area contributed by atoms with Crippen LogP contribution in [0.4, 0.5) is 16.6 Å². The molecule has 2 aromatic heterocycles. The normalized spacial score (nSPS) is 11.1. The van der Waals surface area contributed by atoms with Gasteiger partial charge in [0.25, 0.3) is 0 Å². The highest BCUT2D eigenvalue weighted by Gasteiger charge is 2.16. The van der Waals surface area contributed by atoms with Crippen molar-refractivity contribution in [3.63, 3.8) is 0 Å². The zero-order chi connectivity index (χ0) is 19.0. The van der Waals surface area contributed by atoms with Gasteiger partial charge in [0, 0.05) is 16.1 Å². The summed E-state index contributed by atoms with van der Waals surface area (Å²) in [6, 6.07) is 14.4. The van der Waals surface area contributed by atoms with Gasteiger partial charge in [0.2, 0.25) is 0 Å². The monoisotopic (exact) mass is 393 g/mol. The first-order valence-corrected chi connectivity index (χ1v) is 10.5. The lowest BCUT2D eigenvalue weighted by Gasteiger charge is -2.11. The van der Waals surface area contributed by atoms with Gasteiger partial charge in [0.1, 0.15) is 5.52 Å². The summed E-state index contributed by atoms with van der Waals surface area (Å²) in [5.74, 6) is 1.35. The SMILES string of the molecule is CSc1ccc(Nc2nc(-c3c(C)cccc3C)nc3sc(N)nc23)cc1. The fourth-order valence-corrected chi connectivity index (χ4v) is 4.13. The highest BCUT2D eigenvalue weighted by atomic mass is 32.2. The summed E-state index contributed by atoms with van der Waals surface area (Å²) in [6.07, 6.45) is 2.06. The van der Waals surface area contributed by atoms with Crippen molar-refractivity contribution in [1.29, 1.82) is 0 Å². The summed E-state index contributed by atoms with van der Waals surface area (Å²) in [6.45, 7) is 4.15. The first kappa shape index (κ1) is 17.8. The number of rotatable bonds is 4. The summed E-state index contributed by atoms with van der Waals surface area (Å²) in [5, 5.41) is 3.87. The minimum atomic E-state index is 0.485. The van der Waals surface area contributed by atoms with Crippen LogP contribution in [0.25, 0.3) is 21.7 Å². The van der Waals surface area contributed by atoms with Crippen LogP contribution in [0.15, 0.2) is 47.4 Å². The molecule has 0 fully saturated rings. The van der Waals surface area contributed by atoms with Gasteiger partial charge < -0.3 is 11.1 Å². The molecule has 5 nitrogen and oxygen atoms in total. The Morgan fingerprint density at radius 1 is 0.963 bits per heavy atom. The standard InChI is InChI=1S/C20H19N5S2/c1-11-5-4-6-12(2)15(11)17-24-18(16-19(25-17)27-20(21)23-16)22-13-7-9-14(26-3)10-8-13/h4-10H,1-3H3,(H2,21,23)(H,22,24,25). The van der Waals surface area contributed by atoms with Crippen LogP contribution in [0.3, 0.4) is 0 Å². The van der Waals surface area contributed by atoms with Crippen molar-refractivity contribution in [3.05, 3.63) is 53.6 Å². The van der Waals surface area contributed by atoms with Gasteiger partial charge in [0.15, 0.2) is 21.6 Å². The third kappa shape index (κ3) is 3.48. The average molecular weight is 394 g/mol. The number of nitrogens with zero attached hydrogens (tertiary/aromatic N) is 3.